The van der Waals surface area contributed by atoms with Crippen LogP contribution >= 0.6 is 0 Å². The topological polar surface area (TPSA) is 117 Å². The van der Waals surface area contributed by atoms with Crippen LogP contribution in [0.2, 0.25) is 0 Å². The molecule has 0 aliphatic carbocycles. The normalized spacial score (nSPS) is 11.5. The van der Waals surface area contributed by atoms with Crippen molar-refractivity contribution in [1.29, 1.82) is 0 Å². The molecule has 8 heteroatoms. The van der Waals surface area contributed by atoms with Gasteiger partial charge in [0.15, 0.2) is 0 Å². The number of aliphatic carboxylic acids is 1. The second kappa shape index (κ2) is 10.1. The van der Waals surface area contributed by atoms with Crippen LogP contribution in [0.25, 0.3) is 0 Å². The van der Waals surface area contributed by atoms with Crippen LogP contribution in [0.5, 0.6) is 0 Å². The third-order valence-electron chi connectivity index (χ3n) is 2.39. The first kappa shape index (κ1) is 17.2. The lowest BCUT2D eigenvalue weighted by atomic mass is 10.1. The van der Waals surface area contributed by atoms with Crippen LogP contribution in [0.4, 0.5) is 4.79 Å². The molecule has 0 saturated heterocycles. The number of methoxy groups -OCH3 is 1. The fraction of sp³-hybridized carbons (Fsp3) is 0.727. The lowest BCUT2D eigenvalue weighted by Crippen LogP contribution is -2.44. The molecule has 0 bridgehead atoms. The van der Waals surface area contributed by atoms with Gasteiger partial charge in [-0.2, -0.15) is 0 Å². The summed E-state index contributed by atoms with van der Waals surface area (Å²) in [4.78, 5) is 33.2. The maximum Gasteiger partial charge on any atom is 0.315 e. The van der Waals surface area contributed by atoms with Crippen LogP contribution in [0.3, 0.4) is 0 Å². The van der Waals surface area contributed by atoms with E-state index in [9.17, 15) is 14.4 Å². The first-order valence-corrected chi connectivity index (χ1v) is 6.01. The largest absolute Gasteiger partial charge is 0.481 e. The highest BCUT2D eigenvalue weighted by atomic mass is 16.5. The Balaban J connectivity index is 3.74. The Morgan fingerprint density at radius 1 is 1.21 bits per heavy atom. The third kappa shape index (κ3) is 8.83. The van der Waals surface area contributed by atoms with Gasteiger partial charge in [-0.1, -0.05) is 6.92 Å². The Morgan fingerprint density at radius 2 is 1.89 bits per heavy atom. The van der Waals surface area contributed by atoms with Crippen molar-refractivity contribution >= 4 is 17.9 Å². The Morgan fingerprint density at radius 3 is 2.42 bits per heavy atom. The van der Waals surface area contributed by atoms with Gasteiger partial charge in [-0.3, -0.25) is 9.59 Å². The number of carbonyl (C=O) groups excluding carboxylic acids is 2. The molecule has 0 aliphatic rings. The van der Waals surface area contributed by atoms with Crippen LogP contribution in [0.1, 0.15) is 13.3 Å². The van der Waals surface area contributed by atoms with Crippen molar-refractivity contribution in [2.24, 2.45) is 5.92 Å². The monoisotopic (exact) mass is 275 g/mol. The summed E-state index contributed by atoms with van der Waals surface area (Å²) < 4.78 is 4.75. The predicted molar refractivity (Wildman–Crippen MR) is 67.7 cm³/mol. The van der Waals surface area contributed by atoms with Gasteiger partial charge in [-0.25, -0.2) is 4.79 Å². The molecule has 8 nitrogen and oxygen atoms in total. The SMILES string of the molecule is CCC(CNC(=O)NCC(=O)NCCOC)C(=O)O. The molecule has 3 amide bonds. The smallest absolute Gasteiger partial charge is 0.315 e. The van der Waals surface area contributed by atoms with Crippen LogP contribution in [-0.2, 0) is 14.3 Å². The highest BCUT2D eigenvalue weighted by molar-refractivity contribution is 5.84. The molecule has 0 aromatic carbocycles. The van der Waals surface area contributed by atoms with Crippen molar-refractivity contribution in [1.82, 2.24) is 16.0 Å². The maximum absolute atomic E-state index is 11.3. The molecule has 0 heterocycles. The zero-order valence-corrected chi connectivity index (χ0v) is 11.2. The first-order valence-electron chi connectivity index (χ1n) is 6.01. The Hall–Kier alpha value is -1.83. The first-order chi connectivity index (χ1) is 9.01. The summed E-state index contributed by atoms with van der Waals surface area (Å²) in [6.07, 6.45) is 0.424. The van der Waals surface area contributed by atoms with E-state index >= 15 is 0 Å². The van der Waals surface area contributed by atoms with E-state index in [1.165, 1.54) is 7.11 Å². The number of hydrogen-bond acceptors (Lipinski definition) is 4. The van der Waals surface area contributed by atoms with Gasteiger partial charge >= 0.3 is 12.0 Å². The molecule has 0 aromatic rings. The maximum atomic E-state index is 11.3. The average molecular weight is 275 g/mol. The standard InChI is InChI=1S/C11H21N3O5/c1-3-8(10(16)17)6-13-11(18)14-7-9(15)12-4-5-19-2/h8H,3-7H2,1-2H3,(H,12,15)(H,16,17)(H2,13,14,18). The third-order valence-corrected chi connectivity index (χ3v) is 2.39. The summed E-state index contributed by atoms with van der Waals surface area (Å²) in [5.41, 5.74) is 0. The van der Waals surface area contributed by atoms with Crippen molar-refractivity contribution in [2.75, 3.05) is 33.4 Å². The number of urea groups is 1. The Labute approximate surface area is 111 Å². The zero-order chi connectivity index (χ0) is 14.7. The molecular formula is C11H21N3O5. The molecule has 4 N–H and O–H groups in total. The number of amides is 3. The van der Waals surface area contributed by atoms with E-state index in [2.05, 4.69) is 16.0 Å². The van der Waals surface area contributed by atoms with Gasteiger partial charge in [0.2, 0.25) is 5.91 Å². The molecule has 0 radical (unpaired) electrons. The fourth-order valence-corrected chi connectivity index (χ4v) is 1.20. The van der Waals surface area contributed by atoms with Crippen molar-refractivity contribution in [2.45, 2.75) is 13.3 Å². The van der Waals surface area contributed by atoms with Crippen molar-refractivity contribution < 1.29 is 24.2 Å². The van der Waals surface area contributed by atoms with E-state index in [0.717, 1.165) is 0 Å². The molecule has 0 rings (SSSR count). The summed E-state index contributed by atoms with van der Waals surface area (Å²) in [5, 5.41) is 16.0. The molecule has 0 fully saturated rings. The van der Waals surface area contributed by atoms with Gasteiger partial charge in [0.05, 0.1) is 19.1 Å². The van der Waals surface area contributed by atoms with Crippen LogP contribution < -0.4 is 16.0 Å². The van der Waals surface area contributed by atoms with E-state index in [0.29, 0.717) is 19.6 Å². The summed E-state index contributed by atoms with van der Waals surface area (Å²) in [5.74, 6) is -1.92. The molecule has 0 aromatic heterocycles. The molecule has 0 saturated carbocycles. The van der Waals surface area contributed by atoms with Crippen LogP contribution in [-0.4, -0.2) is 56.4 Å². The van der Waals surface area contributed by atoms with Gasteiger partial charge in [-0.05, 0) is 6.42 Å². The minimum Gasteiger partial charge on any atom is -0.481 e. The van der Waals surface area contributed by atoms with Gasteiger partial charge in [-0.15, -0.1) is 0 Å². The van der Waals surface area contributed by atoms with Crippen molar-refractivity contribution in [3.05, 3.63) is 0 Å². The predicted octanol–water partition coefficient (Wildman–Crippen LogP) is -0.841. The van der Waals surface area contributed by atoms with Crippen LogP contribution in [0.15, 0.2) is 0 Å². The van der Waals surface area contributed by atoms with Crippen molar-refractivity contribution in [3.63, 3.8) is 0 Å². The second-order valence-electron chi connectivity index (χ2n) is 3.85. The fourth-order valence-electron chi connectivity index (χ4n) is 1.20. The zero-order valence-electron chi connectivity index (χ0n) is 11.2. The highest BCUT2D eigenvalue weighted by Crippen LogP contribution is 1.99. The number of rotatable bonds is 9. The number of ether oxygens (including phenoxy) is 1. The van der Waals surface area contributed by atoms with E-state index < -0.39 is 17.9 Å². The number of hydrogen-bond donors (Lipinski definition) is 4. The highest BCUT2D eigenvalue weighted by Gasteiger charge is 2.15. The number of carbonyl (C=O) groups is 3. The van der Waals surface area contributed by atoms with E-state index in [1.54, 1.807) is 6.92 Å². The Kier molecular flexibility index (Phi) is 9.15. The minimum absolute atomic E-state index is 0.0307. The number of carboxylic acid groups (broad SMARTS) is 1. The molecule has 1 unspecified atom stereocenters. The number of carboxylic acids is 1. The summed E-state index contributed by atoms with van der Waals surface area (Å²) in [7, 11) is 1.52. The molecule has 0 aliphatic heterocycles. The van der Waals surface area contributed by atoms with E-state index in [4.69, 9.17) is 9.84 Å². The number of nitrogens with one attached hydrogen (secondary N) is 3. The van der Waals surface area contributed by atoms with Gasteiger partial charge < -0.3 is 25.8 Å². The molecule has 0 spiro atoms. The van der Waals surface area contributed by atoms with Crippen molar-refractivity contribution in [3.8, 4) is 0 Å². The molecular weight excluding hydrogens is 254 g/mol. The quantitative estimate of drug-likeness (QED) is 0.409. The lowest BCUT2D eigenvalue weighted by molar-refractivity contribution is -0.141. The molecule has 19 heavy (non-hydrogen) atoms. The summed E-state index contributed by atoms with van der Waals surface area (Å²) in [6.45, 7) is 2.36. The minimum atomic E-state index is -0.958. The second-order valence-corrected chi connectivity index (χ2v) is 3.85. The lowest BCUT2D eigenvalue weighted by Gasteiger charge is -2.12. The molecule has 1 atom stereocenters. The summed E-state index contributed by atoms with van der Waals surface area (Å²) >= 11 is 0. The van der Waals surface area contributed by atoms with Gasteiger partial charge in [0.1, 0.15) is 0 Å². The average Bonchev–Trinajstić information content (AvgIpc) is 2.37. The Bertz CT molecular complexity index is 309. The summed E-state index contributed by atoms with van der Waals surface area (Å²) in [6, 6.07) is -0.568. The van der Waals surface area contributed by atoms with Gasteiger partial charge in [0.25, 0.3) is 0 Å². The van der Waals surface area contributed by atoms with E-state index in [1.807, 2.05) is 0 Å². The van der Waals surface area contributed by atoms with E-state index in [-0.39, 0.29) is 19.0 Å². The van der Waals surface area contributed by atoms with Gasteiger partial charge in [0, 0.05) is 20.2 Å². The molecule has 110 valence electrons. The van der Waals surface area contributed by atoms with Crippen LogP contribution in [0, 0.1) is 5.92 Å².